The third-order valence-corrected chi connectivity index (χ3v) is 5.80. The highest BCUT2D eigenvalue weighted by Gasteiger charge is 2.38. The second-order valence-corrected chi connectivity index (χ2v) is 8.01. The van der Waals surface area contributed by atoms with Crippen molar-refractivity contribution >= 4 is 12.0 Å². The Morgan fingerprint density at radius 2 is 1.84 bits per heavy atom. The molecule has 0 aromatic heterocycles. The molecule has 0 bridgehead atoms. The number of hydrogen-bond acceptors (Lipinski definition) is 7. The van der Waals surface area contributed by atoms with Crippen LogP contribution in [0.2, 0.25) is 0 Å². The van der Waals surface area contributed by atoms with Gasteiger partial charge in [0.1, 0.15) is 11.3 Å². The van der Waals surface area contributed by atoms with Gasteiger partial charge in [-0.1, -0.05) is 12.1 Å². The minimum absolute atomic E-state index is 0.202. The van der Waals surface area contributed by atoms with E-state index in [-0.39, 0.29) is 6.42 Å². The lowest BCUT2D eigenvalue weighted by Gasteiger charge is -2.37. The third kappa shape index (κ3) is 6.09. The summed E-state index contributed by atoms with van der Waals surface area (Å²) in [6, 6.07) is 9.53. The topological polar surface area (TPSA) is 104 Å². The van der Waals surface area contributed by atoms with Crippen molar-refractivity contribution in [2.75, 3.05) is 53.6 Å². The van der Waals surface area contributed by atoms with Crippen LogP contribution in [-0.4, -0.2) is 87.0 Å². The molecule has 168 valence electrons. The summed E-state index contributed by atoms with van der Waals surface area (Å²) >= 11 is 0. The fourth-order valence-corrected chi connectivity index (χ4v) is 3.69. The number of methoxy groups -OCH3 is 1. The van der Waals surface area contributed by atoms with Crippen LogP contribution in [0.25, 0.3) is 0 Å². The molecule has 0 saturated carbocycles. The van der Waals surface area contributed by atoms with Crippen LogP contribution < -0.4 is 10.1 Å². The van der Waals surface area contributed by atoms with E-state index in [0.29, 0.717) is 58.0 Å². The van der Waals surface area contributed by atoms with Gasteiger partial charge in [0.25, 0.3) is 5.91 Å². The minimum Gasteiger partial charge on any atom is -0.497 e. The molecule has 3 rings (SSSR count). The average Bonchev–Trinajstić information content (AvgIpc) is 2.81. The molecular formula is C22H30N4O5. The van der Waals surface area contributed by atoms with Crippen LogP contribution in [0.3, 0.4) is 0 Å². The van der Waals surface area contributed by atoms with Gasteiger partial charge in [0.15, 0.2) is 6.10 Å². The van der Waals surface area contributed by atoms with Crippen molar-refractivity contribution in [3.8, 4) is 11.8 Å². The number of carbonyl (C=O) groups excluding carboxylic acids is 2. The smallest absolute Gasteiger partial charge is 0.410 e. The number of piperidine rings is 1. The summed E-state index contributed by atoms with van der Waals surface area (Å²) in [6.45, 7) is 3.15. The number of nitrogens with zero attached hydrogens (tertiary/aromatic N) is 3. The number of ether oxygens (including phenoxy) is 3. The standard InChI is InChI=1S/C22H30N4O5/c1-25-9-7-22(16-23,8-10-25)24-20(27)19(15-17-3-5-18(29-2)6-4-17)31-21(28)26-11-13-30-14-12-26/h3-6,19H,7-15H2,1-2H3,(H,24,27)/t19-/m0/s1. The van der Waals surface area contributed by atoms with E-state index in [4.69, 9.17) is 14.2 Å². The van der Waals surface area contributed by atoms with Crippen molar-refractivity contribution in [1.29, 1.82) is 5.26 Å². The molecule has 2 fully saturated rings. The molecular weight excluding hydrogens is 400 g/mol. The Kier molecular flexibility index (Phi) is 7.71. The molecule has 2 amide bonds. The van der Waals surface area contributed by atoms with Gasteiger partial charge in [0, 0.05) is 32.6 Å². The Labute approximate surface area is 182 Å². The molecule has 9 heteroatoms. The number of hydrogen-bond donors (Lipinski definition) is 1. The molecule has 2 saturated heterocycles. The summed E-state index contributed by atoms with van der Waals surface area (Å²) in [5.41, 5.74) is -0.127. The highest BCUT2D eigenvalue weighted by atomic mass is 16.6. The van der Waals surface area contributed by atoms with E-state index in [0.717, 1.165) is 5.56 Å². The molecule has 0 unspecified atom stereocenters. The number of morpholine rings is 1. The molecule has 0 aliphatic carbocycles. The first-order chi connectivity index (χ1) is 14.9. The lowest BCUT2D eigenvalue weighted by molar-refractivity contribution is -0.132. The van der Waals surface area contributed by atoms with Crippen molar-refractivity contribution in [3.05, 3.63) is 29.8 Å². The molecule has 0 spiro atoms. The van der Waals surface area contributed by atoms with Crippen molar-refractivity contribution in [3.63, 3.8) is 0 Å². The Morgan fingerprint density at radius 3 is 2.42 bits per heavy atom. The summed E-state index contributed by atoms with van der Waals surface area (Å²) < 4.78 is 16.1. The Balaban J connectivity index is 1.73. The van der Waals surface area contributed by atoms with Crippen LogP contribution in [0, 0.1) is 11.3 Å². The molecule has 1 atom stereocenters. The Bertz CT molecular complexity index is 793. The Hall–Kier alpha value is -2.83. The van der Waals surface area contributed by atoms with Gasteiger partial charge in [-0.05, 0) is 37.6 Å². The number of benzene rings is 1. The first-order valence-corrected chi connectivity index (χ1v) is 10.5. The number of likely N-dealkylation sites (tertiary alicyclic amines) is 1. The Morgan fingerprint density at radius 1 is 1.19 bits per heavy atom. The summed E-state index contributed by atoms with van der Waals surface area (Å²) in [5.74, 6) is 0.244. The summed E-state index contributed by atoms with van der Waals surface area (Å²) in [7, 11) is 3.57. The first-order valence-electron chi connectivity index (χ1n) is 10.5. The average molecular weight is 431 g/mol. The van der Waals surface area contributed by atoms with Crippen molar-refractivity contribution in [2.24, 2.45) is 0 Å². The highest BCUT2D eigenvalue weighted by molar-refractivity contribution is 5.84. The molecule has 1 N–H and O–H groups in total. The molecule has 2 heterocycles. The zero-order chi connectivity index (χ0) is 22.3. The predicted octanol–water partition coefficient (Wildman–Crippen LogP) is 1.18. The lowest BCUT2D eigenvalue weighted by atomic mass is 9.88. The SMILES string of the molecule is COc1ccc(C[C@H](OC(=O)N2CCOCC2)C(=O)NC2(C#N)CCN(C)CC2)cc1. The van der Waals surface area contributed by atoms with E-state index in [2.05, 4.69) is 16.3 Å². The minimum atomic E-state index is -1.05. The van der Waals surface area contributed by atoms with Gasteiger partial charge in [-0.2, -0.15) is 5.26 Å². The maximum Gasteiger partial charge on any atom is 0.410 e. The predicted molar refractivity (Wildman–Crippen MR) is 113 cm³/mol. The maximum absolute atomic E-state index is 13.2. The first kappa shape index (κ1) is 22.8. The molecule has 9 nitrogen and oxygen atoms in total. The lowest BCUT2D eigenvalue weighted by Crippen LogP contribution is -2.57. The van der Waals surface area contributed by atoms with E-state index in [9.17, 15) is 14.9 Å². The van der Waals surface area contributed by atoms with E-state index in [1.54, 1.807) is 19.2 Å². The summed E-state index contributed by atoms with van der Waals surface area (Å²) in [6.07, 6.45) is -0.343. The molecule has 1 aromatic rings. The van der Waals surface area contributed by atoms with Gasteiger partial charge in [-0.25, -0.2) is 4.79 Å². The van der Waals surface area contributed by atoms with Crippen LogP contribution >= 0.6 is 0 Å². The zero-order valence-corrected chi connectivity index (χ0v) is 18.1. The number of rotatable bonds is 6. The van der Waals surface area contributed by atoms with Gasteiger partial charge < -0.3 is 29.3 Å². The number of amides is 2. The fraction of sp³-hybridized carbons (Fsp3) is 0.591. The molecule has 1 aromatic carbocycles. The van der Waals surface area contributed by atoms with Crippen molar-refractivity contribution in [2.45, 2.75) is 30.9 Å². The number of carbonyl (C=O) groups is 2. The number of nitriles is 1. The van der Waals surface area contributed by atoms with Crippen LogP contribution in [0.1, 0.15) is 18.4 Å². The van der Waals surface area contributed by atoms with E-state index < -0.39 is 23.6 Å². The van der Waals surface area contributed by atoms with E-state index >= 15 is 0 Å². The number of nitrogens with one attached hydrogen (secondary N) is 1. The van der Waals surface area contributed by atoms with Gasteiger partial charge >= 0.3 is 6.09 Å². The second kappa shape index (κ2) is 10.5. The molecule has 2 aliphatic heterocycles. The zero-order valence-electron chi connectivity index (χ0n) is 18.1. The van der Waals surface area contributed by atoms with Crippen LogP contribution in [0.15, 0.2) is 24.3 Å². The summed E-state index contributed by atoms with van der Waals surface area (Å²) in [4.78, 5) is 29.5. The van der Waals surface area contributed by atoms with Crippen LogP contribution in [-0.2, 0) is 20.7 Å². The third-order valence-electron chi connectivity index (χ3n) is 5.80. The quantitative estimate of drug-likeness (QED) is 0.723. The second-order valence-electron chi connectivity index (χ2n) is 8.01. The maximum atomic E-state index is 13.2. The largest absolute Gasteiger partial charge is 0.497 e. The van der Waals surface area contributed by atoms with Crippen LogP contribution in [0.4, 0.5) is 4.79 Å². The molecule has 0 radical (unpaired) electrons. The normalized spacial score (nSPS) is 19.7. The van der Waals surface area contributed by atoms with E-state index in [1.165, 1.54) is 4.90 Å². The highest BCUT2D eigenvalue weighted by Crippen LogP contribution is 2.22. The van der Waals surface area contributed by atoms with E-state index in [1.807, 2.05) is 19.2 Å². The van der Waals surface area contributed by atoms with Gasteiger partial charge in [-0.3, -0.25) is 4.79 Å². The van der Waals surface area contributed by atoms with Crippen LogP contribution in [0.5, 0.6) is 5.75 Å². The fourth-order valence-electron chi connectivity index (χ4n) is 3.69. The van der Waals surface area contributed by atoms with Gasteiger partial charge in [0.05, 0.1) is 26.4 Å². The molecule has 31 heavy (non-hydrogen) atoms. The van der Waals surface area contributed by atoms with Crippen molar-refractivity contribution < 1.29 is 23.8 Å². The molecule has 2 aliphatic rings. The van der Waals surface area contributed by atoms with Crippen molar-refractivity contribution in [1.82, 2.24) is 15.1 Å². The van der Waals surface area contributed by atoms with Gasteiger partial charge in [-0.15, -0.1) is 0 Å². The monoisotopic (exact) mass is 430 g/mol. The van der Waals surface area contributed by atoms with Gasteiger partial charge in [0.2, 0.25) is 0 Å². The summed E-state index contributed by atoms with van der Waals surface area (Å²) in [5, 5.41) is 12.6.